The number of urea groups is 1. The maximum atomic E-state index is 12.1. The van der Waals surface area contributed by atoms with Crippen LogP contribution in [0.15, 0.2) is 18.2 Å². The van der Waals surface area contributed by atoms with E-state index >= 15 is 0 Å². The van der Waals surface area contributed by atoms with Crippen LogP contribution in [0.5, 0.6) is 0 Å². The molecule has 0 heterocycles. The summed E-state index contributed by atoms with van der Waals surface area (Å²) in [6.07, 6.45) is 5.71. The quantitative estimate of drug-likeness (QED) is 0.783. The lowest BCUT2D eigenvalue weighted by Gasteiger charge is -2.20. The Labute approximate surface area is 132 Å². The van der Waals surface area contributed by atoms with Gasteiger partial charge >= 0.3 is 6.03 Å². The second kappa shape index (κ2) is 6.69. The smallest absolute Gasteiger partial charge is 0.315 e. The lowest BCUT2D eigenvalue weighted by molar-refractivity contribution is 0.160. The van der Waals surface area contributed by atoms with Gasteiger partial charge in [0.1, 0.15) is 0 Å². The summed E-state index contributed by atoms with van der Waals surface area (Å²) >= 11 is 0. The molecule has 4 nitrogen and oxygen atoms in total. The molecule has 0 spiro atoms. The van der Waals surface area contributed by atoms with Crippen molar-refractivity contribution in [2.24, 2.45) is 0 Å². The summed E-state index contributed by atoms with van der Waals surface area (Å²) in [4.78, 5) is 12.1. The molecular weight excluding hydrogens is 276 g/mol. The molecule has 0 saturated carbocycles. The first-order valence-electron chi connectivity index (χ1n) is 8.53. The molecule has 120 valence electrons. The Kier molecular flexibility index (Phi) is 4.67. The van der Waals surface area contributed by atoms with Crippen LogP contribution in [0.3, 0.4) is 0 Å². The Bertz CT molecular complexity index is 544. The Hall–Kier alpha value is -1.55. The van der Waals surface area contributed by atoms with Crippen molar-refractivity contribution >= 4 is 6.03 Å². The number of aryl methyl sites for hydroxylation is 1. The molecule has 1 aromatic rings. The molecule has 0 fully saturated rings. The molecule has 0 aromatic heterocycles. The van der Waals surface area contributed by atoms with Crippen molar-refractivity contribution in [1.82, 2.24) is 10.6 Å². The molecule has 0 bridgehead atoms. The molecule has 2 aliphatic carbocycles. The standard InChI is InChI=1S/C18H26N2O2/c1-2-14(21)9-10-19-18(22)20-16-11-13-7-3-5-12-6-4-8-15(16)17(12)13/h4,6,8,13-14,16,21H,2-3,5,7,9-11H2,1H3,(H2,19,20,22). The first kappa shape index (κ1) is 15.3. The van der Waals surface area contributed by atoms with E-state index in [1.54, 1.807) is 0 Å². The van der Waals surface area contributed by atoms with Crippen molar-refractivity contribution in [1.29, 1.82) is 0 Å². The first-order chi connectivity index (χ1) is 10.7. The minimum Gasteiger partial charge on any atom is -0.393 e. The largest absolute Gasteiger partial charge is 0.393 e. The zero-order valence-corrected chi connectivity index (χ0v) is 13.3. The number of aliphatic hydroxyl groups excluding tert-OH is 1. The molecule has 2 aliphatic rings. The lowest BCUT2D eigenvalue weighted by atomic mass is 9.84. The van der Waals surface area contributed by atoms with Gasteiger partial charge < -0.3 is 15.7 Å². The zero-order valence-electron chi connectivity index (χ0n) is 13.3. The highest BCUT2D eigenvalue weighted by molar-refractivity contribution is 5.74. The fourth-order valence-corrected chi connectivity index (χ4v) is 3.89. The number of rotatable bonds is 5. The molecule has 3 rings (SSSR count). The molecule has 0 radical (unpaired) electrons. The van der Waals surface area contributed by atoms with Crippen molar-refractivity contribution in [3.05, 3.63) is 34.9 Å². The van der Waals surface area contributed by atoms with E-state index in [0.717, 1.165) is 12.8 Å². The third-order valence-corrected chi connectivity index (χ3v) is 5.07. The van der Waals surface area contributed by atoms with Crippen molar-refractivity contribution in [3.63, 3.8) is 0 Å². The molecule has 3 unspecified atom stereocenters. The van der Waals surface area contributed by atoms with Gasteiger partial charge in [0.05, 0.1) is 12.1 Å². The van der Waals surface area contributed by atoms with E-state index in [0.29, 0.717) is 18.9 Å². The average molecular weight is 302 g/mol. The van der Waals surface area contributed by atoms with E-state index in [2.05, 4.69) is 28.8 Å². The molecule has 22 heavy (non-hydrogen) atoms. The summed E-state index contributed by atoms with van der Waals surface area (Å²) in [7, 11) is 0. The van der Waals surface area contributed by atoms with Gasteiger partial charge in [-0.15, -0.1) is 0 Å². The minimum absolute atomic E-state index is 0.121. The maximum Gasteiger partial charge on any atom is 0.315 e. The van der Waals surface area contributed by atoms with Gasteiger partial charge in [-0.1, -0.05) is 25.1 Å². The van der Waals surface area contributed by atoms with Crippen molar-refractivity contribution in [2.45, 2.75) is 63.5 Å². The molecule has 0 aliphatic heterocycles. The van der Waals surface area contributed by atoms with Crippen LogP contribution in [0.2, 0.25) is 0 Å². The molecule has 3 atom stereocenters. The molecular formula is C18H26N2O2. The van der Waals surface area contributed by atoms with E-state index in [-0.39, 0.29) is 18.2 Å². The van der Waals surface area contributed by atoms with E-state index in [1.165, 1.54) is 36.0 Å². The molecule has 4 heteroatoms. The number of aliphatic hydroxyl groups is 1. The average Bonchev–Trinajstić information content (AvgIpc) is 2.87. The van der Waals surface area contributed by atoms with E-state index in [4.69, 9.17) is 0 Å². The topological polar surface area (TPSA) is 61.4 Å². The number of nitrogens with one attached hydrogen (secondary N) is 2. The molecule has 0 saturated heterocycles. The highest BCUT2D eigenvalue weighted by Crippen LogP contribution is 2.47. The monoisotopic (exact) mass is 302 g/mol. The van der Waals surface area contributed by atoms with Crippen LogP contribution in [-0.4, -0.2) is 23.8 Å². The Morgan fingerprint density at radius 1 is 1.45 bits per heavy atom. The van der Waals surface area contributed by atoms with Crippen LogP contribution in [0.4, 0.5) is 4.79 Å². The normalized spacial score (nSPS) is 23.7. The summed E-state index contributed by atoms with van der Waals surface area (Å²) in [5, 5.41) is 15.5. The summed E-state index contributed by atoms with van der Waals surface area (Å²) in [6, 6.07) is 6.53. The summed E-state index contributed by atoms with van der Waals surface area (Å²) in [5.41, 5.74) is 4.29. The van der Waals surface area contributed by atoms with Crippen LogP contribution in [-0.2, 0) is 6.42 Å². The van der Waals surface area contributed by atoms with Gasteiger partial charge in [0, 0.05) is 6.54 Å². The fraction of sp³-hybridized carbons (Fsp3) is 0.611. The Balaban J connectivity index is 1.59. The third-order valence-electron chi connectivity index (χ3n) is 5.07. The van der Waals surface area contributed by atoms with Crippen molar-refractivity contribution in [2.75, 3.05) is 6.54 Å². The number of carbonyl (C=O) groups is 1. The van der Waals surface area contributed by atoms with Gasteiger partial charge in [0.2, 0.25) is 0 Å². The lowest BCUT2D eigenvalue weighted by Crippen LogP contribution is -2.38. The van der Waals surface area contributed by atoms with Gasteiger partial charge in [-0.25, -0.2) is 4.79 Å². The third kappa shape index (κ3) is 3.12. The maximum absolute atomic E-state index is 12.1. The Morgan fingerprint density at radius 3 is 3.14 bits per heavy atom. The minimum atomic E-state index is -0.325. The van der Waals surface area contributed by atoms with E-state index < -0.39 is 0 Å². The van der Waals surface area contributed by atoms with Gasteiger partial charge in [0.15, 0.2) is 0 Å². The van der Waals surface area contributed by atoms with Crippen LogP contribution in [0, 0.1) is 0 Å². The van der Waals surface area contributed by atoms with Gasteiger partial charge in [0.25, 0.3) is 0 Å². The molecule has 2 amide bonds. The van der Waals surface area contributed by atoms with Crippen LogP contribution < -0.4 is 10.6 Å². The van der Waals surface area contributed by atoms with Gasteiger partial charge in [-0.3, -0.25) is 0 Å². The highest BCUT2D eigenvalue weighted by Gasteiger charge is 2.35. The van der Waals surface area contributed by atoms with Gasteiger partial charge in [-0.05, 0) is 61.1 Å². The van der Waals surface area contributed by atoms with Gasteiger partial charge in [-0.2, -0.15) is 0 Å². The van der Waals surface area contributed by atoms with E-state index in [9.17, 15) is 9.90 Å². The van der Waals surface area contributed by atoms with E-state index in [1.807, 2.05) is 6.92 Å². The SMILES string of the molecule is CCC(O)CCNC(=O)NC1CC2CCCc3cccc1c32. The summed E-state index contributed by atoms with van der Waals surface area (Å²) < 4.78 is 0. The number of amides is 2. The molecule has 3 N–H and O–H groups in total. The highest BCUT2D eigenvalue weighted by atomic mass is 16.3. The van der Waals surface area contributed by atoms with Crippen molar-refractivity contribution < 1.29 is 9.90 Å². The fourth-order valence-electron chi connectivity index (χ4n) is 3.89. The van der Waals surface area contributed by atoms with Crippen LogP contribution in [0.1, 0.15) is 67.7 Å². The second-order valence-corrected chi connectivity index (χ2v) is 6.55. The summed E-state index contributed by atoms with van der Waals surface area (Å²) in [6.45, 7) is 2.46. The summed E-state index contributed by atoms with van der Waals surface area (Å²) in [5.74, 6) is 0.618. The van der Waals surface area contributed by atoms with Crippen LogP contribution in [0.25, 0.3) is 0 Å². The predicted octanol–water partition coefficient (Wildman–Crippen LogP) is 3.01. The number of carbonyl (C=O) groups excluding carboxylic acids is 1. The zero-order chi connectivity index (χ0) is 15.5. The Morgan fingerprint density at radius 2 is 2.32 bits per heavy atom. The second-order valence-electron chi connectivity index (χ2n) is 6.55. The first-order valence-corrected chi connectivity index (χ1v) is 8.53. The predicted molar refractivity (Wildman–Crippen MR) is 86.9 cm³/mol. The molecule has 1 aromatic carbocycles. The number of benzene rings is 1. The number of hydrogen-bond donors (Lipinski definition) is 3. The van der Waals surface area contributed by atoms with Crippen molar-refractivity contribution in [3.8, 4) is 0 Å². The van der Waals surface area contributed by atoms with Crippen LogP contribution >= 0.6 is 0 Å². The number of hydrogen-bond acceptors (Lipinski definition) is 2.